The lowest BCUT2D eigenvalue weighted by Gasteiger charge is -2.22. The first-order valence-electron chi connectivity index (χ1n) is 9.07. The van der Waals surface area contributed by atoms with Crippen LogP contribution >= 0.6 is 15.9 Å². The molecular formula is C20H15BrN4O5. The second-order valence-corrected chi connectivity index (χ2v) is 7.85. The summed E-state index contributed by atoms with van der Waals surface area (Å²) in [5.41, 5.74) is 0.0642. The molecular weight excluding hydrogens is 456 g/mol. The Morgan fingerprint density at radius 1 is 1.13 bits per heavy atom. The lowest BCUT2D eigenvalue weighted by atomic mass is 9.91. The zero-order valence-corrected chi connectivity index (χ0v) is 17.3. The van der Waals surface area contributed by atoms with E-state index in [-0.39, 0.29) is 19.2 Å². The minimum absolute atomic E-state index is 0.124. The van der Waals surface area contributed by atoms with Gasteiger partial charge in [-0.2, -0.15) is 0 Å². The summed E-state index contributed by atoms with van der Waals surface area (Å²) >= 11 is 3.44. The molecule has 0 bridgehead atoms. The van der Waals surface area contributed by atoms with Gasteiger partial charge in [0, 0.05) is 4.47 Å². The molecule has 2 aliphatic heterocycles. The molecule has 5 rings (SSSR count). The number of fused-ring (bicyclic) bond motifs is 1. The third-order valence-corrected chi connectivity index (χ3v) is 5.78. The SMILES string of the molecule is CC1(c2ccc3c(c2)OCO3)NC(=O)N(Cc2nnc(-c3ccccc3Br)o2)C1=O. The highest BCUT2D eigenvalue weighted by atomic mass is 79.9. The van der Waals surface area contributed by atoms with Crippen LogP contribution in [0.3, 0.4) is 0 Å². The normalized spacial score (nSPS) is 20.0. The standard InChI is InChI=1S/C20H15BrN4O5/c1-20(11-6-7-14-15(8-11)29-10-28-14)18(26)25(19(27)22-20)9-16-23-24-17(30-16)12-4-2-3-5-13(12)21/h2-8H,9-10H2,1H3,(H,22,27). The number of carbonyl (C=O) groups is 2. The molecule has 3 aromatic rings. The summed E-state index contributed by atoms with van der Waals surface area (Å²) in [6.07, 6.45) is 0. The fraction of sp³-hybridized carbons (Fsp3) is 0.200. The van der Waals surface area contributed by atoms with Gasteiger partial charge >= 0.3 is 6.03 Å². The number of halogens is 1. The number of urea groups is 1. The van der Waals surface area contributed by atoms with Crippen LogP contribution in [0.4, 0.5) is 4.79 Å². The monoisotopic (exact) mass is 470 g/mol. The van der Waals surface area contributed by atoms with Crippen molar-refractivity contribution in [2.45, 2.75) is 19.0 Å². The second kappa shape index (κ2) is 6.84. The zero-order valence-electron chi connectivity index (χ0n) is 15.7. The molecule has 1 unspecified atom stereocenters. The summed E-state index contributed by atoms with van der Waals surface area (Å²) in [7, 11) is 0. The lowest BCUT2D eigenvalue weighted by Crippen LogP contribution is -2.40. The Morgan fingerprint density at radius 3 is 2.77 bits per heavy atom. The molecule has 0 radical (unpaired) electrons. The van der Waals surface area contributed by atoms with Gasteiger partial charge in [0.05, 0.1) is 5.56 Å². The lowest BCUT2D eigenvalue weighted by molar-refractivity contribution is -0.131. The predicted octanol–water partition coefficient (Wildman–Crippen LogP) is 3.20. The van der Waals surface area contributed by atoms with Crippen LogP contribution in [0.2, 0.25) is 0 Å². The molecule has 1 N–H and O–H groups in total. The summed E-state index contributed by atoms with van der Waals surface area (Å²) in [5.74, 6) is 1.15. The maximum absolute atomic E-state index is 13.1. The Bertz CT molecular complexity index is 1180. The van der Waals surface area contributed by atoms with E-state index >= 15 is 0 Å². The highest BCUT2D eigenvalue weighted by Crippen LogP contribution is 2.38. The topological polar surface area (TPSA) is 107 Å². The van der Waals surface area contributed by atoms with Crippen LogP contribution in [0.5, 0.6) is 11.5 Å². The minimum Gasteiger partial charge on any atom is -0.454 e. The Balaban J connectivity index is 1.40. The Morgan fingerprint density at radius 2 is 1.93 bits per heavy atom. The first-order chi connectivity index (χ1) is 14.5. The van der Waals surface area contributed by atoms with E-state index in [2.05, 4.69) is 31.4 Å². The van der Waals surface area contributed by atoms with E-state index in [1.165, 1.54) is 0 Å². The second-order valence-electron chi connectivity index (χ2n) is 7.00. The number of amides is 3. The highest BCUT2D eigenvalue weighted by Gasteiger charge is 2.49. The van der Waals surface area contributed by atoms with Crippen LogP contribution in [0.1, 0.15) is 18.4 Å². The van der Waals surface area contributed by atoms with E-state index in [4.69, 9.17) is 13.9 Å². The van der Waals surface area contributed by atoms with Crippen LogP contribution in [0.15, 0.2) is 51.4 Å². The van der Waals surface area contributed by atoms with Gasteiger partial charge in [0.15, 0.2) is 11.5 Å². The predicted molar refractivity (Wildman–Crippen MR) is 106 cm³/mol. The van der Waals surface area contributed by atoms with Crippen LogP contribution in [-0.4, -0.2) is 33.8 Å². The number of aromatic nitrogens is 2. The third-order valence-electron chi connectivity index (χ3n) is 5.09. The van der Waals surface area contributed by atoms with Crippen molar-refractivity contribution in [2.24, 2.45) is 0 Å². The summed E-state index contributed by atoms with van der Waals surface area (Å²) in [6.45, 7) is 1.63. The molecule has 30 heavy (non-hydrogen) atoms. The number of hydrogen-bond acceptors (Lipinski definition) is 7. The van der Waals surface area contributed by atoms with Crippen LogP contribution in [-0.2, 0) is 16.9 Å². The molecule has 9 nitrogen and oxygen atoms in total. The van der Waals surface area contributed by atoms with Crippen LogP contribution in [0, 0.1) is 0 Å². The van der Waals surface area contributed by atoms with Gasteiger partial charge in [-0.25, -0.2) is 4.79 Å². The molecule has 2 aromatic carbocycles. The summed E-state index contributed by atoms with van der Waals surface area (Å²) in [5, 5.41) is 10.8. The quantitative estimate of drug-likeness (QED) is 0.583. The molecule has 3 heterocycles. The van der Waals surface area contributed by atoms with Crippen molar-refractivity contribution in [3.63, 3.8) is 0 Å². The van der Waals surface area contributed by atoms with Gasteiger partial charge in [0.1, 0.15) is 12.1 Å². The molecule has 0 spiro atoms. The zero-order chi connectivity index (χ0) is 20.9. The largest absolute Gasteiger partial charge is 0.454 e. The molecule has 0 aliphatic carbocycles. The molecule has 152 valence electrons. The molecule has 1 fully saturated rings. The van der Waals surface area contributed by atoms with Crippen molar-refractivity contribution in [3.8, 4) is 23.0 Å². The molecule has 1 atom stereocenters. The molecule has 3 amide bonds. The first kappa shape index (κ1) is 18.6. The maximum Gasteiger partial charge on any atom is 0.325 e. The fourth-order valence-corrected chi connectivity index (χ4v) is 3.89. The number of imide groups is 1. The molecule has 1 saturated heterocycles. The average molecular weight is 471 g/mol. The molecule has 1 aromatic heterocycles. The van der Waals surface area contributed by atoms with E-state index in [1.54, 1.807) is 25.1 Å². The van der Waals surface area contributed by atoms with Crippen molar-refractivity contribution in [1.29, 1.82) is 0 Å². The van der Waals surface area contributed by atoms with Crippen molar-refractivity contribution < 1.29 is 23.5 Å². The maximum atomic E-state index is 13.1. The van der Waals surface area contributed by atoms with Gasteiger partial charge in [-0.3, -0.25) is 9.69 Å². The molecule has 10 heteroatoms. The first-order valence-corrected chi connectivity index (χ1v) is 9.86. The van der Waals surface area contributed by atoms with Gasteiger partial charge < -0.3 is 19.2 Å². The number of hydrogen-bond donors (Lipinski definition) is 1. The van der Waals surface area contributed by atoms with Crippen molar-refractivity contribution >= 4 is 27.9 Å². The van der Waals surface area contributed by atoms with E-state index in [0.717, 1.165) is 14.9 Å². The van der Waals surface area contributed by atoms with Gasteiger partial charge in [0.25, 0.3) is 5.91 Å². The Kier molecular flexibility index (Phi) is 4.24. The fourth-order valence-electron chi connectivity index (χ4n) is 3.44. The van der Waals surface area contributed by atoms with Crippen molar-refractivity contribution in [3.05, 3.63) is 58.4 Å². The average Bonchev–Trinajstić information content (AvgIpc) is 3.44. The minimum atomic E-state index is -1.25. The van der Waals surface area contributed by atoms with Crippen LogP contribution < -0.4 is 14.8 Å². The summed E-state index contributed by atoms with van der Waals surface area (Å²) < 4.78 is 17.2. The number of benzene rings is 2. The number of carbonyl (C=O) groups excluding carboxylic acids is 2. The number of nitrogens with zero attached hydrogens (tertiary/aromatic N) is 3. The van der Waals surface area contributed by atoms with Gasteiger partial charge in [-0.15, -0.1) is 10.2 Å². The number of ether oxygens (including phenoxy) is 2. The smallest absolute Gasteiger partial charge is 0.325 e. The van der Waals surface area contributed by atoms with Crippen molar-refractivity contribution in [1.82, 2.24) is 20.4 Å². The third kappa shape index (κ3) is 2.91. The van der Waals surface area contributed by atoms with E-state index in [0.29, 0.717) is 23.0 Å². The van der Waals surface area contributed by atoms with E-state index in [1.807, 2.05) is 24.3 Å². The van der Waals surface area contributed by atoms with Crippen LogP contribution in [0.25, 0.3) is 11.5 Å². The van der Waals surface area contributed by atoms with Gasteiger partial charge in [-0.1, -0.05) is 18.2 Å². The van der Waals surface area contributed by atoms with E-state index in [9.17, 15) is 9.59 Å². The summed E-state index contributed by atoms with van der Waals surface area (Å²) in [4.78, 5) is 26.8. The molecule has 0 saturated carbocycles. The van der Waals surface area contributed by atoms with Gasteiger partial charge in [-0.05, 0) is 52.7 Å². The number of rotatable bonds is 4. The Labute approximate surface area is 179 Å². The van der Waals surface area contributed by atoms with Gasteiger partial charge in [0.2, 0.25) is 18.6 Å². The Hall–Kier alpha value is -3.40. The van der Waals surface area contributed by atoms with Crippen molar-refractivity contribution in [2.75, 3.05) is 6.79 Å². The number of nitrogens with one attached hydrogen (secondary N) is 1. The molecule has 2 aliphatic rings. The van der Waals surface area contributed by atoms with E-state index < -0.39 is 17.5 Å². The highest BCUT2D eigenvalue weighted by molar-refractivity contribution is 9.10. The summed E-state index contributed by atoms with van der Waals surface area (Å²) in [6, 6.07) is 12.0.